The van der Waals surface area contributed by atoms with Crippen LogP contribution in [0.4, 0.5) is 0 Å². The van der Waals surface area contributed by atoms with Gasteiger partial charge >= 0.3 is 5.97 Å². The summed E-state index contributed by atoms with van der Waals surface area (Å²) in [5, 5.41) is 9.10. The molecular weight excluding hydrogens is 198 g/mol. The van der Waals surface area contributed by atoms with Gasteiger partial charge < -0.3 is 5.11 Å². The molecule has 2 aliphatic rings. The Morgan fingerprint density at radius 1 is 1.47 bits per heavy atom. The number of nitrogens with zero attached hydrogens (tertiary/aromatic N) is 1. The summed E-state index contributed by atoms with van der Waals surface area (Å²) in [6.45, 7) is 1.52. The molecule has 15 heavy (non-hydrogen) atoms. The molecule has 0 aromatic heterocycles. The van der Waals surface area contributed by atoms with Crippen LogP contribution >= 0.6 is 0 Å². The molecule has 0 saturated heterocycles. The highest BCUT2D eigenvalue weighted by Gasteiger charge is 2.55. The van der Waals surface area contributed by atoms with Crippen LogP contribution in [0.1, 0.15) is 26.2 Å². The van der Waals surface area contributed by atoms with Crippen LogP contribution in [0.2, 0.25) is 0 Å². The molecule has 0 bridgehead atoms. The van der Waals surface area contributed by atoms with E-state index >= 15 is 0 Å². The van der Waals surface area contributed by atoms with Gasteiger partial charge in [-0.3, -0.25) is 14.5 Å². The number of carbonyl (C=O) groups is 3. The van der Waals surface area contributed by atoms with Crippen molar-refractivity contribution in [1.29, 1.82) is 0 Å². The summed E-state index contributed by atoms with van der Waals surface area (Å²) in [5.74, 6) is -2.06. The average molecular weight is 209 g/mol. The SMILES string of the molecule is CC1=CC(=O)N(C2(C(=O)O)CCC2)C1=O. The number of rotatable bonds is 2. The summed E-state index contributed by atoms with van der Waals surface area (Å²) >= 11 is 0. The summed E-state index contributed by atoms with van der Waals surface area (Å²) in [5.41, 5.74) is -0.963. The van der Waals surface area contributed by atoms with E-state index in [2.05, 4.69) is 0 Å². The standard InChI is InChI=1S/C10H11NO4/c1-6-5-7(12)11(8(6)13)10(9(14)15)3-2-4-10/h5H,2-4H2,1H3,(H,14,15). The minimum absolute atomic E-state index is 0.313. The van der Waals surface area contributed by atoms with Crippen LogP contribution in [-0.2, 0) is 14.4 Å². The number of carboxylic acid groups (broad SMARTS) is 1. The van der Waals surface area contributed by atoms with Crippen LogP contribution in [0.15, 0.2) is 11.6 Å². The van der Waals surface area contributed by atoms with Gasteiger partial charge in [0.05, 0.1) is 0 Å². The Labute approximate surface area is 86.4 Å². The van der Waals surface area contributed by atoms with E-state index in [9.17, 15) is 14.4 Å². The topological polar surface area (TPSA) is 74.7 Å². The second-order valence-corrected chi connectivity index (χ2v) is 4.00. The molecule has 0 radical (unpaired) electrons. The molecule has 1 N–H and O–H groups in total. The van der Waals surface area contributed by atoms with Crippen molar-refractivity contribution in [3.05, 3.63) is 11.6 Å². The maximum Gasteiger partial charge on any atom is 0.330 e. The van der Waals surface area contributed by atoms with E-state index < -0.39 is 23.3 Å². The first kappa shape index (κ1) is 9.89. The van der Waals surface area contributed by atoms with Gasteiger partial charge in [0.2, 0.25) is 0 Å². The fraction of sp³-hybridized carbons (Fsp3) is 0.500. The maximum absolute atomic E-state index is 11.6. The molecule has 1 saturated carbocycles. The predicted molar refractivity (Wildman–Crippen MR) is 49.8 cm³/mol. The van der Waals surface area contributed by atoms with Crippen molar-refractivity contribution < 1.29 is 19.5 Å². The van der Waals surface area contributed by atoms with E-state index in [1.165, 1.54) is 13.0 Å². The quantitative estimate of drug-likeness (QED) is 0.664. The van der Waals surface area contributed by atoms with Crippen molar-refractivity contribution in [2.45, 2.75) is 31.7 Å². The largest absolute Gasteiger partial charge is 0.479 e. The van der Waals surface area contributed by atoms with E-state index in [1.54, 1.807) is 0 Å². The number of hydrogen-bond donors (Lipinski definition) is 1. The van der Waals surface area contributed by atoms with Gasteiger partial charge in [0, 0.05) is 11.6 Å². The highest BCUT2D eigenvalue weighted by atomic mass is 16.4. The van der Waals surface area contributed by atoms with Crippen LogP contribution < -0.4 is 0 Å². The first-order valence-electron chi connectivity index (χ1n) is 4.79. The Morgan fingerprint density at radius 3 is 2.33 bits per heavy atom. The van der Waals surface area contributed by atoms with Crippen molar-refractivity contribution >= 4 is 17.8 Å². The van der Waals surface area contributed by atoms with Gasteiger partial charge in [0.15, 0.2) is 0 Å². The van der Waals surface area contributed by atoms with Crippen molar-refractivity contribution in [1.82, 2.24) is 4.90 Å². The minimum atomic E-state index is -1.28. The Hall–Kier alpha value is -1.65. The third-order valence-electron chi connectivity index (χ3n) is 3.11. The van der Waals surface area contributed by atoms with Gasteiger partial charge in [-0.05, 0) is 26.2 Å². The normalized spacial score (nSPS) is 23.8. The van der Waals surface area contributed by atoms with E-state index in [0.717, 1.165) is 11.3 Å². The summed E-state index contributed by atoms with van der Waals surface area (Å²) in [7, 11) is 0. The van der Waals surface area contributed by atoms with Gasteiger partial charge in [-0.15, -0.1) is 0 Å². The van der Waals surface area contributed by atoms with Crippen LogP contribution in [0.5, 0.6) is 0 Å². The smallest absolute Gasteiger partial charge is 0.330 e. The zero-order valence-electron chi connectivity index (χ0n) is 8.32. The first-order valence-corrected chi connectivity index (χ1v) is 4.79. The van der Waals surface area contributed by atoms with Crippen molar-refractivity contribution in [2.75, 3.05) is 0 Å². The van der Waals surface area contributed by atoms with Crippen molar-refractivity contribution in [3.8, 4) is 0 Å². The molecule has 1 aliphatic heterocycles. The van der Waals surface area contributed by atoms with Crippen molar-refractivity contribution in [2.24, 2.45) is 0 Å². The van der Waals surface area contributed by atoms with Crippen LogP contribution in [0, 0.1) is 0 Å². The number of hydrogen-bond acceptors (Lipinski definition) is 3. The molecule has 0 spiro atoms. The molecule has 1 aliphatic carbocycles. The molecule has 0 atom stereocenters. The highest BCUT2D eigenvalue weighted by molar-refractivity contribution is 6.18. The summed E-state index contributed by atoms with van der Waals surface area (Å²) in [6.07, 6.45) is 2.66. The fourth-order valence-electron chi connectivity index (χ4n) is 2.04. The van der Waals surface area contributed by atoms with E-state index in [-0.39, 0.29) is 0 Å². The number of aliphatic carboxylic acids is 1. The lowest BCUT2D eigenvalue weighted by Crippen LogP contribution is -2.61. The number of carbonyl (C=O) groups excluding carboxylic acids is 2. The van der Waals surface area contributed by atoms with Gasteiger partial charge in [-0.2, -0.15) is 0 Å². The Kier molecular flexibility index (Phi) is 1.92. The molecule has 0 aromatic rings. The first-order chi connectivity index (χ1) is 6.99. The van der Waals surface area contributed by atoms with Crippen LogP contribution in [0.3, 0.4) is 0 Å². The van der Waals surface area contributed by atoms with E-state index in [0.29, 0.717) is 18.4 Å². The van der Waals surface area contributed by atoms with Crippen LogP contribution in [-0.4, -0.2) is 33.3 Å². The summed E-state index contributed by atoms with van der Waals surface area (Å²) < 4.78 is 0. The molecule has 80 valence electrons. The maximum atomic E-state index is 11.6. The zero-order valence-corrected chi connectivity index (χ0v) is 8.32. The lowest BCUT2D eigenvalue weighted by Gasteiger charge is -2.43. The molecule has 0 unspecified atom stereocenters. The molecule has 1 fully saturated rings. The highest BCUT2D eigenvalue weighted by Crippen LogP contribution is 2.40. The Morgan fingerprint density at radius 2 is 2.07 bits per heavy atom. The predicted octanol–water partition coefficient (Wildman–Crippen LogP) is 0.309. The van der Waals surface area contributed by atoms with E-state index in [4.69, 9.17) is 5.11 Å². The molecule has 2 rings (SSSR count). The zero-order chi connectivity index (χ0) is 11.2. The molecule has 0 aromatic carbocycles. The van der Waals surface area contributed by atoms with Gasteiger partial charge in [0.25, 0.3) is 11.8 Å². The minimum Gasteiger partial charge on any atom is -0.479 e. The second-order valence-electron chi connectivity index (χ2n) is 4.00. The number of amides is 2. The Balaban J connectivity index is 2.36. The van der Waals surface area contributed by atoms with E-state index in [1.807, 2.05) is 0 Å². The molecule has 5 heteroatoms. The monoisotopic (exact) mass is 209 g/mol. The summed E-state index contributed by atoms with van der Waals surface area (Å²) in [6, 6.07) is 0. The van der Waals surface area contributed by atoms with Gasteiger partial charge in [-0.1, -0.05) is 0 Å². The lowest BCUT2D eigenvalue weighted by molar-refractivity contribution is -0.168. The number of imide groups is 1. The fourth-order valence-corrected chi connectivity index (χ4v) is 2.04. The van der Waals surface area contributed by atoms with Crippen LogP contribution in [0.25, 0.3) is 0 Å². The second kappa shape index (κ2) is 2.92. The van der Waals surface area contributed by atoms with Gasteiger partial charge in [-0.25, -0.2) is 4.79 Å². The summed E-state index contributed by atoms with van der Waals surface area (Å²) in [4.78, 5) is 35.2. The average Bonchev–Trinajstić information content (AvgIpc) is 2.29. The Bertz CT molecular complexity index is 392. The third kappa shape index (κ3) is 1.12. The molecular formula is C10H11NO4. The molecule has 5 nitrogen and oxygen atoms in total. The lowest BCUT2D eigenvalue weighted by atomic mass is 9.75. The van der Waals surface area contributed by atoms with Crippen molar-refractivity contribution in [3.63, 3.8) is 0 Å². The number of carboxylic acids is 1. The molecule has 2 amide bonds. The molecule has 1 heterocycles. The van der Waals surface area contributed by atoms with Gasteiger partial charge in [0.1, 0.15) is 5.54 Å². The third-order valence-corrected chi connectivity index (χ3v) is 3.11.